The second-order valence-corrected chi connectivity index (χ2v) is 5.63. The summed E-state index contributed by atoms with van der Waals surface area (Å²) in [6.45, 7) is 14.9. The number of anilines is 1. The zero-order valence-corrected chi connectivity index (χ0v) is 17.7. The molecular formula is C23H34N2O3. The third-order valence-electron chi connectivity index (χ3n) is 3.61. The van der Waals surface area contributed by atoms with Crippen molar-refractivity contribution < 1.29 is 14.9 Å². The first-order chi connectivity index (χ1) is 13.5. The van der Waals surface area contributed by atoms with E-state index in [-0.39, 0.29) is 13.2 Å². The molecule has 0 spiro atoms. The summed E-state index contributed by atoms with van der Waals surface area (Å²) in [5, 5.41) is 21.5. The van der Waals surface area contributed by atoms with E-state index in [1.165, 1.54) is 0 Å². The van der Waals surface area contributed by atoms with E-state index in [0.717, 1.165) is 16.8 Å². The van der Waals surface area contributed by atoms with Gasteiger partial charge in [-0.05, 0) is 43.7 Å². The predicted octanol–water partition coefficient (Wildman–Crippen LogP) is 4.46. The molecular weight excluding hydrogens is 352 g/mol. The lowest BCUT2D eigenvalue weighted by atomic mass is 10.1. The van der Waals surface area contributed by atoms with Gasteiger partial charge in [-0.2, -0.15) is 0 Å². The van der Waals surface area contributed by atoms with Gasteiger partial charge < -0.3 is 20.3 Å². The fourth-order valence-corrected chi connectivity index (χ4v) is 2.06. The average molecular weight is 387 g/mol. The van der Waals surface area contributed by atoms with Crippen LogP contribution < -0.4 is 5.32 Å². The first-order valence-corrected chi connectivity index (χ1v) is 9.40. The van der Waals surface area contributed by atoms with Crippen LogP contribution in [-0.4, -0.2) is 42.3 Å². The molecule has 0 heterocycles. The molecule has 0 saturated carbocycles. The van der Waals surface area contributed by atoms with E-state index in [1.54, 1.807) is 18.2 Å². The zero-order valence-electron chi connectivity index (χ0n) is 17.7. The third kappa shape index (κ3) is 8.37. The van der Waals surface area contributed by atoms with Crippen LogP contribution in [0.3, 0.4) is 0 Å². The maximum absolute atomic E-state index is 9.19. The molecule has 0 fully saturated rings. The Morgan fingerprint density at radius 3 is 2.18 bits per heavy atom. The lowest BCUT2D eigenvalue weighted by molar-refractivity contribution is 0.0220. The normalized spacial score (nSPS) is 12.2. The van der Waals surface area contributed by atoms with Gasteiger partial charge in [0.25, 0.3) is 0 Å². The number of ether oxygens (including phenoxy) is 1. The Kier molecular flexibility index (Phi) is 13.1. The van der Waals surface area contributed by atoms with Crippen LogP contribution in [0, 0.1) is 0 Å². The van der Waals surface area contributed by atoms with Gasteiger partial charge in [-0.1, -0.05) is 39.1 Å². The third-order valence-corrected chi connectivity index (χ3v) is 3.61. The van der Waals surface area contributed by atoms with E-state index in [1.807, 2.05) is 59.0 Å². The maximum atomic E-state index is 9.19. The van der Waals surface area contributed by atoms with Crippen LogP contribution in [0.4, 0.5) is 5.69 Å². The molecule has 0 atom stereocenters. The predicted molar refractivity (Wildman–Crippen MR) is 120 cm³/mol. The minimum atomic E-state index is -0.680. The molecule has 1 aromatic carbocycles. The summed E-state index contributed by atoms with van der Waals surface area (Å²) in [4.78, 5) is 4.66. The van der Waals surface area contributed by atoms with Crippen LogP contribution in [-0.2, 0) is 4.74 Å². The molecule has 0 radical (unpaired) electrons. The van der Waals surface area contributed by atoms with E-state index in [4.69, 9.17) is 4.74 Å². The van der Waals surface area contributed by atoms with Crippen molar-refractivity contribution in [3.63, 3.8) is 0 Å². The Morgan fingerprint density at radius 1 is 1.21 bits per heavy atom. The lowest BCUT2D eigenvalue weighted by Gasteiger charge is -2.15. The van der Waals surface area contributed by atoms with Crippen molar-refractivity contribution in [2.75, 3.05) is 25.6 Å². The molecule has 154 valence electrons. The summed E-state index contributed by atoms with van der Waals surface area (Å²) < 4.78 is 5.57. The van der Waals surface area contributed by atoms with Crippen LogP contribution in [0.15, 0.2) is 77.7 Å². The number of hydrogen-bond donors (Lipinski definition) is 3. The summed E-state index contributed by atoms with van der Waals surface area (Å²) >= 11 is 0. The van der Waals surface area contributed by atoms with Crippen molar-refractivity contribution in [3.8, 4) is 0 Å². The molecule has 0 aromatic heterocycles. The fraction of sp³-hybridized carbons (Fsp3) is 0.348. The number of nitrogens with zero attached hydrogens (tertiary/aromatic N) is 1. The highest BCUT2D eigenvalue weighted by molar-refractivity contribution is 6.09. The number of allylic oxidation sites excluding steroid dienone is 4. The molecule has 0 aliphatic heterocycles. The van der Waals surface area contributed by atoms with Crippen molar-refractivity contribution in [1.82, 2.24) is 0 Å². The SMILES string of the molecule is C=CC(=N/C(=C/C(=C\C)OC(CO)CO)C(=C)C)c1ccc(NC)cc1.CC. The van der Waals surface area contributed by atoms with Gasteiger partial charge in [0.15, 0.2) is 0 Å². The molecule has 1 rings (SSSR count). The van der Waals surface area contributed by atoms with Gasteiger partial charge in [0.05, 0.1) is 24.6 Å². The average Bonchev–Trinajstić information content (AvgIpc) is 2.74. The monoisotopic (exact) mass is 386 g/mol. The van der Waals surface area contributed by atoms with Crippen molar-refractivity contribution in [3.05, 3.63) is 78.2 Å². The molecule has 3 N–H and O–H groups in total. The van der Waals surface area contributed by atoms with E-state index < -0.39 is 6.10 Å². The van der Waals surface area contributed by atoms with Crippen LogP contribution in [0.1, 0.15) is 33.3 Å². The van der Waals surface area contributed by atoms with Gasteiger partial charge in [0.2, 0.25) is 0 Å². The number of benzene rings is 1. The van der Waals surface area contributed by atoms with Gasteiger partial charge in [-0.25, -0.2) is 4.99 Å². The zero-order chi connectivity index (χ0) is 21.5. The van der Waals surface area contributed by atoms with Crippen LogP contribution in [0.2, 0.25) is 0 Å². The molecule has 0 amide bonds. The number of aliphatic hydroxyl groups is 2. The van der Waals surface area contributed by atoms with E-state index in [2.05, 4.69) is 23.5 Å². The molecule has 0 saturated heterocycles. The van der Waals surface area contributed by atoms with Crippen molar-refractivity contribution in [1.29, 1.82) is 0 Å². The molecule has 0 aliphatic rings. The summed E-state index contributed by atoms with van der Waals surface area (Å²) in [5.74, 6) is 0.494. The highest BCUT2D eigenvalue weighted by Gasteiger charge is 2.09. The fourth-order valence-electron chi connectivity index (χ4n) is 2.06. The van der Waals surface area contributed by atoms with Crippen LogP contribution in [0.5, 0.6) is 0 Å². The Bertz CT molecular complexity index is 697. The minimum absolute atomic E-state index is 0.275. The minimum Gasteiger partial charge on any atom is -0.486 e. The van der Waals surface area contributed by atoms with Gasteiger partial charge in [0.1, 0.15) is 11.9 Å². The quantitative estimate of drug-likeness (QED) is 0.315. The van der Waals surface area contributed by atoms with Gasteiger partial charge in [-0.3, -0.25) is 0 Å². The Balaban J connectivity index is 0.00000352. The summed E-state index contributed by atoms with van der Waals surface area (Å²) in [5.41, 5.74) is 4.02. The largest absolute Gasteiger partial charge is 0.486 e. The molecule has 28 heavy (non-hydrogen) atoms. The molecule has 0 bridgehead atoms. The number of rotatable bonds is 10. The topological polar surface area (TPSA) is 74.1 Å². The second-order valence-electron chi connectivity index (χ2n) is 5.63. The Morgan fingerprint density at radius 2 is 1.79 bits per heavy atom. The molecule has 0 aliphatic carbocycles. The molecule has 0 unspecified atom stereocenters. The number of aliphatic hydroxyl groups excluding tert-OH is 2. The smallest absolute Gasteiger partial charge is 0.145 e. The first kappa shape index (κ1) is 25.4. The second kappa shape index (κ2) is 14.4. The first-order valence-electron chi connectivity index (χ1n) is 9.40. The van der Waals surface area contributed by atoms with Crippen LogP contribution in [0.25, 0.3) is 0 Å². The van der Waals surface area contributed by atoms with E-state index >= 15 is 0 Å². The van der Waals surface area contributed by atoms with Crippen molar-refractivity contribution in [2.45, 2.75) is 33.8 Å². The van der Waals surface area contributed by atoms with E-state index in [9.17, 15) is 10.2 Å². The highest BCUT2D eigenvalue weighted by atomic mass is 16.5. The summed E-state index contributed by atoms with van der Waals surface area (Å²) in [7, 11) is 1.87. The van der Waals surface area contributed by atoms with Gasteiger partial charge >= 0.3 is 0 Å². The standard InChI is InChI=1S/C21H28N2O3.C2H6/c1-6-18(26-19(13-24)14-25)12-21(15(3)4)23-20(7-2)16-8-10-17(22-5)11-9-16;1-2/h6-12,19,22,24-25H,2-3,13-14H2,1,4-5H3;1-2H3/b18-6+,21-12+,23-20?;. The highest BCUT2D eigenvalue weighted by Crippen LogP contribution is 2.18. The van der Waals surface area contributed by atoms with Crippen LogP contribution >= 0.6 is 0 Å². The van der Waals surface area contributed by atoms with Crippen molar-refractivity contribution >= 4 is 11.4 Å². The number of hydrogen-bond acceptors (Lipinski definition) is 5. The van der Waals surface area contributed by atoms with E-state index in [0.29, 0.717) is 17.2 Å². The maximum Gasteiger partial charge on any atom is 0.145 e. The Labute approximate surface area is 169 Å². The number of nitrogens with one attached hydrogen (secondary N) is 1. The molecule has 5 nitrogen and oxygen atoms in total. The molecule has 5 heteroatoms. The Hall–Kier alpha value is -2.63. The summed E-state index contributed by atoms with van der Waals surface area (Å²) in [6, 6.07) is 7.85. The van der Waals surface area contributed by atoms with Gasteiger partial charge in [0, 0.05) is 24.4 Å². The molecule has 1 aromatic rings. The lowest BCUT2D eigenvalue weighted by Crippen LogP contribution is -2.21. The number of aliphatic imine (C=N–C) groups is 1. The van der Waals surface area contributed by atoms with Crippen molar-refractivity contribution in [2.24, 2.45) is 4.99 Å². The summed E-state index contributed by atoms with van der Waals surface area (Å²) in [6.07, 6.45) is 4.48. The van der Waals surface area contributed by atoms with Gasteiger partial charge in [-0.15, -0.1) is 0 Å².